The molecular weight excluding hydrogens is 579 g/mol. The molecule has 5 rings (SSSR count). The molecule has 0 spiro atoms. The number of aryl methyl sites for hydroxylation is 1. The van der Waals surface area contributed by atoms with Gasteiger partial charge in [0, 0.05) is 42.9 Å². The Labute approximate surface area is 252 Å². The van der Waals surface area contributed by atoms with Crippen molar-refractivity contribution >= 4 is 5.91 Å². The highest BCUT2D eigenvalue weighted by molar-refractivity contribution is 5.94. The Hall–Kier alpha value is -4.46. The average Bonchev–Trinajstić information content (AvgIpc) is 3.47. The number of alkyl halides is 3. The second-order valence-electron chi connectivity index (χ2n) is 11.0. The third kappa shape index (κ3) is 5.98. The fourth-order valence-electron chi connectivity index (χ4n) is 5.90. The lowest BCUT2D eigenvalue weighted by Gasteiger charge is -2.25. The van der Waals surface area contributed by atoms with Crippen molar-refractivity contribution in [2.45, 2.75) is 59.8 Å². The zero-order valence-electron chi connectivity index (χ0n) is 25.2. The van der Waals surface area contributed by atoms with Crippen molar-refractivity contribution < 1.29 is 27.4 Å². The molecule has 0 fully saturated rings. The van der Waals surface area contributed by atoms with Crippen molar-refractivity contribution in [1.82, 2.24) is 30.8 Å². The summed E-state index contributed by atoms with van der Waals surface area (Å²) in [7, 11) is 1.56. The third-order valence-corrected chi connectivity index (χ3v) is 7.82. The SMILES string of the molecule is CCOc1cc2c(cc1OC)-c1cc(=NC3=C(C)C=C(C)CC3C)n(CCNC(=O)C3=C(C(F)(F)F)NNN3)c(=O)n1CC2. The summed E-state index contributed by atoms with van der Waals surface area (Å²) in [6.07, 6.45) is -1.29. The average molecular weight is 616 g/mol. The molecule has 1 aromatic heterocycles. The van der Waals surface area contributed by atoms with Crippen LogP contribution in [0.4, 0.5) is 13.2 Å². The second kappa shape index (κ2) is 12.3. The highest BCUT2D eigenvalue weighted by Gasteiger charge is 2.41. The lowest BCUT2D eigenvalue weighted by atomic mass is 9.90. The van der Waals surface area contributed by atoms with Crippen LogP contribution in [0, 0.1) is 5.92 Å². The molecule has 0 bridgehead atoms. The maximum Gasteiger partial charge on any atom is 0.434 e. The van der Waals surface area contributed by atoms with E-state index in [4.69, 9.17) is 14.5 Å². The molecule has 236 valence electrons. The lowest BCUT2D eigenvalue weighted by molar-refractivity contribution is -0.119. The summed E-state index contributed by atoms with van der Waals surface area (Å²) in [6, 6.07) is 5.64. The van der Waals surface area contributed by atoms with Crippen LogP contribution in [0.2, 0.25) is 0 Å². The predicted molar refractivity (Wildman–Crippen MR) is 157 cm³/mol. The maximum atomic E-state index is 14.0. The molecule has 3 heterocycles. The van der Waals surface area contributed by atoms with Crippen molar-refractivity contribution in [3.8, 4) is 22.8 Å². The quantitative estimate of drug-likeness (QED) is 0.360. The molecule has 1 atom stereocenters. The number of fused-ring (bicyclic) bond motifs is 3. The number of amides is 1. The molecule has 4 N–H and O–H groups in total. The van der Waals surface area contributed by atoms with Crippen molar-refractivity contribution in [3.63, 3.8) is 0 Å². The van der Waals surface area contributed by atoms with E-state index in [0.29, 0.717) is 42.3 Å². The van der Waals surface area contributed by atoms with Crippen LogP contribution < -0.4 is 42.4 Å². The van der Waals surface area contributed by atoms with Crippen molar-refractivity contribution in [2.75, 3.05) is 20.3 Å². The van der Waals surface area contributed by atoms with Crippen molar-refractivity contribution in [3.05, 3.63) is 74.0 Å². The van der Waals surface area contributed by atoms with E-state index < -0.39 is 23.5 Å². The Morgan fingerprint density at radius 2 is 1.95 bits per heavy atom. The van der Waals surface area contributed by atoms with Crippen LogP contribution >= 0.6 is 0 Å². The monoisotopic (exact) mass is 615 g/mol. The first kappa shape index (κ1) is 31.0. The first-order valence-corrected chi connectivity index (χ1v) is 14.4. The molecule has 1 aromatic carbocycles. The molecule has 2 aromatic rings. The van der Waals surface area contributed by atoms with Gasteiger partial charge in [-0.3, -0.25) is 24.8 Å². The first-order chi connectivity index (χ1) is 20.9. The zero-order chi connectivity index (χ0) is 31.8. The number of allylic oxidation sites excluding steroid dienone is 5. The molecule has 3 aliphatic rings. The number of carbonyl (C=O) groups excluding carboxylic acids is 1. The number of carbonyl (C=O) groups is 1. The topological polar surface area (TPSA) is 123 Å². The molecule has 0 saturated carbocycles. The largest absolute Gasteiger partial charge is 0.493 e. The molecule has 1 amide bonds. The molecular formula is C30H36F3N7O4. The summed E-state index contributed by atoms with van der Waals surface area (Å²) in [5.74, 6) is 0.301. The minimum Gasteiger partial charge on any atom is -0.493 e. The molecule has 44 heavy (non-hydrogen) atoms. The number of rotatable bonds is 8. The minimum atomic E-state index is -4.77. The van der Waals surface area contributed by atoms with E-state index in [0.717, 1.165) is 28.8 Å². The summed E-state index contributed by atoms with van der Waals surface area (Å²) in [5, 5.41) is 2.48. The van der Waals surface area contributed by atoms with Gasteiger partial charge in [-0.15, -0.1) is 5.53 Å². The lowest BCUT2D eigenvalue weighted by Crippen LogP contribution is -2.45. The smallest absolute Gasteiger partial charge is 0.434 e. The van der Waals surface area contributed by atoms with Gasteiger partial charge in [0.2, 0.25) is 0 Å². The summed E-state index contributed by atoms with van der Waals surface area (Å²) in [5.41, 5.74) is 9.85. The van der Waals surface area contributed by atoms with E-state index in [1.54, 1.807) is 11.7 Å². The highest BCUT2D eigenvalue weighted by atomic mass is 19.4. The molecule has 0 radical (unpaired) electrons. The number of hydrogen-bond acceptors (Lipinski definition) is 8. The predicted octanol–water partition coefficient (Wildman–Crippen LogP) is 2.94. The van der Waals surface area contributed by atoms with E-state index in [1.165, 1.54) is 10.1 Å². The van der Waals surface area contributed by atoms with E-state index in [-0.39, 0.29) is 24.7 Å². The number of halogens is 3. The van der Waals surface area contributed by atoms with Gasteiger partial charge >= 0.3 is 11.9 Å². The highest BCUT2D eigenvalue weighted by Crippen LogP contribution is 2.38. The normalized spacial score (nSPS) is 18.3. The van der Waals surface area contributed by atoms with Crippen molar-refractivity contribution in [2.24, 2.45) is 10.9 Å². The molecule has 2 aliphatic heterocycles. The molecule has 1 unspecified atom stereocenters. The van der Waals surface area contributed by atoms with Gasteiger partial charge in [0.1, 0.15) is 11.2 Å². The maximum absolute atomic E-state index is 14.0. The van der Waals surface area contributed by atoms with Crippen LogP contribution in [0.25, 0.3) is 11.3 Å². The number of hydrazine groups is 2. The van der Waals surface area contributed by atoms with Crippen LogP contribution in [-0.4, -0.2) is 41.5 Å². The van der Waals surface area contributed by atoms with E-state index in [9.17, 15) is 22.8 Å². The molecule has 0 saturated heterocycles. The van der Waals surface area contributed by atoms with Crippen LogP contribution in [0.5, 0.6) is 11.5 Å². The van der Waals surface area contributed by atoms with Crippen LogP contribution in [-0.2, 0) is 24.3 Å². The van der Waals surface area contributed by atoms with Gasteiger partial charge in [0.05, 0.1) is 19.4 Å². The van der Waals surface area contributed by atoms with Gasteiger partial charge in [-0.25, -0.2) is 9.79 Å². The number of ether oxygens (including phenoxy) is 2. The molecule has 14 heteroatoms. The summed E-state index contributed by atoms with van der Waals surface area (Å²) in [6.45, 7) is 8.75. The third-order valence-electron chi connectivity index (χ3n) is 7.82. The fraction of sp³-hybridized carbons (Fsp3) is 0.433. The second-order valence-corrected chi connectivity index (χ2v) is 11.0. The van der Waals surface area contributed by atoms with Gasteiger partial charge < -0.3 is 14.8 Å². The number of hydrogen-bond donors (Lipinski definition) is 4. The van der Waals surface area contributed by atoms with Gasteiger partial charge in [0.25, 0.3) is 5.91 Å². The van der Waals surface area contributed by atoms with Gasteiger partial charge in [-0.2, -0.15) is 13.2 Å². The Balaban J connectivity index is 1.58. The van der Waals surface area contributed by atoms with Crippen LogP contribution in [0.15, 0.2) is 62.3 Å². The molecule has 11 nitrogen and oxygen atoms in total. The Morgan fingerprint density at radius 3 is 2.64 bits per heavy atom. The van der Waals surface area contributed by atoms with Gasteiger partial charge in [0.15, 0.2) is 17.2 Å². The zero-order valence-corrected chi connectivity index (χ0v) is 25.2. The first-order valence-electron chi connectivity index (χ1n) is 14.4. The number of nitrogens with zero attached hydrogens (tertiary/aromatic N) is 3. The minimum absolute atomic E-state index is 0.0196. The Kier molecular flexibility index (Phi) is 8.64. The fourth-order valence-corrected chi connectivity index (χ4v) is 5.90. The van der Waals surface area contributed by atoms with Gasteiger partial charge in [-0.05, 0) is 56.9 Å². The summed E-state index contributed by atoms with van der Waals surface area (Å²) < 4.78 is 54.3. The number of benzene rings is 1. The Morgan fingerprint density at radius 1 is 1.18 bits per heavy atom. The van der Waals surface area contributed by atoms with Crippen LogP contribution in [0.1, 0.15) is 39.7 Å². The van der Waals surface area contributed by atoms with Gasteiger partial charge in [-0.1, -0.05) is 18.6 Å². The molecule has 1 aliphatic carbocycles. The van der Waals surface area contributed by atoms with E-state index in [1.807, 2.05) is 37.5 Å². The van der Waals surface area contributed by atoms with E-state index in [2.05, 4.69) is 36.2 Å². The number of nitrogens with one attached hydrogen (secondary N) is 4. The van der Waals surface area contributed by atoms with E-state index >= 15 is 0 Å². The summed E-state index contributed by atoms with van der Waals surface area (Å²) in [4.78, 5) is 31.6. The number of methoxy groups -OCH3 is 1. The number of aromatic nitrogens is 2. The van der Waals surface area contributed by atoms with Crippen LogP contribution in [0.3, 0.4) is 0 Å². The standard InChI is InChI=1S/C30H36F3N7O4/c1-6-44-23-13-19-7-9-39-21(20(19)14-22(23)43-5)15-24(35-25-17(3)11-16(2)12-18(25)4)40(29(39)42)10-8-34-28(41)26-27(30(31,32)33)37-38-36-26/h11,13-15,18,36-38H,6-10,12H2,1-5H3,(H,34,41). The van der Waals surface area contributed by atoms with Crippen molar-refractivity contribution in [1.29, 1.82) is 0 Å². The Bertz CT molecular complexity index is 1720. The summed E-state index contributed by atoms with van der Waals surface area (Å²) >= 11 is 0.